The van der Waals surface area contributed by atoms with Crippen LogP contribution in [0.2, 0.25) is 0 Å². The van der Waals surface area contributed by atoms with E-state index in [0.717, 1.165) is 28.1 Å². The topological polar surface area (TPSA) is 753 Å². The number of methoxy groups -OCH3 is 2. The molecule has 6 aliphatic rings. The van der Waals surface area contributed by atoms with Crippen molar-refractivity contribution < 1.29 is 461 Å². The summed E-state index contributed by atoms with van der Waals surface area (Å²) in [6.07, 6.45) is -59.5. The van der Waals surface area contributed by atoms with Gasteiger partial charge in [0.25, 0.3) is 0 Å². The van der Waals surface area contributed by atoms with Crippen LogP contribution in [0.25, 0.3) is 0 Å². The first-order chi connectivity index (χ1) is 45.2. The molecule has 6 rings (SSSR count). The Kier molecular flexibility index (Phi) is 53.8. The summed E-state index contributed by atoms with van der Waals surface area (Å²) in [7, 11) is -45.9. The molecule has 0 bridgehead atoms. The second-order valence-electron chi connectivity index (χ2n) is 22.3. The fourth-order valence-corrected chi connectivity index (χ4v) is 14.6. The third-order valence-electron chi connectivity index (χ3n) is 15.5. The molecule has 584 valence electrons. The van der Waals surface area contributed by atoms with Crippen LogP contribution in [0.4, 0.5) is 0 Å². The average Bonchev–Trinajstić information content (AvgIpc) is 0.769. The molecule has 0 saturated carbocycles. The molecule has 0 aromatic rings. The summed E-state index contributed by atoms with van der Waals surface area (Å²) in [6, 6.07) is 0. The van der Waals surface area contributed by atoms with E-state index < -0.39 is 300 Å². The molecule has 0 spiro atoms. The zero-order valence-electron chi connectivity index (χ0n) is 58.9. The molecule has 66 heteroatoms. The van der Waals surface area contributed by atoms with E-state index in [2.05, 4.69) is 29.3 Å². The van der Waals surface area contributed by atoms with E-state index in [0.29, 0.717) is 0 Å². The van der Waals surface area contributed by atoms with Crippen LogP contribution < -0.4 is 236 Å². The minimum absolute atomic E-state index is 0. The summed E-state index contributed by atoms with van der Waals surface area (Å²) in [6.45, 7) is -2.23. The van der Waals surface area contributed by atoms with Crippen LogP contribution in [0.1, 0.15) is 27.7 Å². The van der Waals surface area contributed by atoms with Gasteiger partial charge in [0.15, 0.2) is 74.4 Å². The smallest absolute Gasteiger partial charge is 0.726 e. The van der Waals surface area contributed by atoms with Gasteiger partial charge < -0.3 is 124 Å². The quantitative estimate of drug-likeness (QED) is 0.0231. The fourth-order valence-electron chi connectivity index (χ4n) is 10.8. The summed E-state index contributed by atoms with van der Waals surface area (Å²) in [4.78, 5) is 0. The molecular formula is C41H64Na8O50S8. The molecule has 6 fully saturated rings. The molecule has 107 heavy (non-hydrogen) atoms. The van der Waals surface area contributed by atoms with Crippen molar-refractivity contribution in [3.8, 4) is 0 Å². The van der Waals surface area contributed by atoms with Crippen molar-refractivity contribution in [2.24, 2.45) is 23.7 Å². The monoisotopic (exact) mass is 1800 g/mol. The van der Waals surface area contributed by atoms with E-state index in [4.69, 9.17) is 65.8 Å². The first-order valence-electron chi connectivity index (χ1n) is 27.7. The summed E-state index contributed by atoms with van der Waals surface area (Å²) in [5.74, 6) is -5.97. The third kappa shape index (κ3) is 36.9. The molecular weight excluding hydrogens is 1730 g/mol. The van der Waals surface area contributed by atoms with Crippen molar-refractivity contribution in [3.05, 3.63) is 0 Å². The maximum Gasteiger partial charge on any atom is 1.00 e. The zero-order valence-corrected chi connectivity index (χ0v) is 81.4. The first-order valence-corrected chi connectivity index (χ1v) is 38.4. The SMILES string of the molecule is COCC1OC(OCC2OC(OCC3OC(OCC4OC(OC)C(OS(=O)(=O)[O-])C(O)C4C)C(OS(=O)(=O)[O-])C(O)C3C)C(OS(=O)(=O)[O-])C(OC3OC(COC4OCC(OS(=O)(=O)[O-])C(O)C4OS(=O)(=O)[O-])C(OS(=O)(=O)[O-])C(O)C3OS(=O)(=O)[O-])C2C)C(OS(=O)(=O)[O-])C(O)C1C.[Na+].[Na+].[Na+].[Na+].[Na+].[Na+].[Na+].[Na+]. The van der Waals surface area contributed by atoms with Crippen LogP contribution in [0, 0.1) is 23.7 Å². The second-order valence-corrected chi connectivity index (χ2v) is 30.3. The Morgan fingerprint density at radius 2 is 0.561 bits per heavy atom. The minimum atomic E-state index is -6.35. The Morgan fingerprint density at radius 1 is 0.299 bits per heavy atom. The zero-order chi connectivity index (χ0) is 74.8. The van der Waals surface area contributed by atoms with Gasteiger partial charge in [-0.1, -0.05) is 27.7 Å². The van der Waals surface area contributed by atoms with Gasteiger partial charge in [0.2, 0.25) is 83.2 Å². The maximum absolute atomic E-state index is 12.8. The van der Waals surface area contributed by atoms with Crippen molar-refractivity contribution in [1.82, 2.24) is 0 Å². The van der Waals surface area contributed by atoms with Crippen molar-refractivity contribution in [2.45, 2.75) is 181 Å². The molecule has 29 unspecified atom stereocenters. The van der Waals surface area contributed by atoms with Crippen LogP contribution in [-0.4, -0.2) is 337 Å². The van der Waals surface area contributed by atoms with Gasteiger partial charge in [-0.25, -0.2) is 67.3 Å². The molecule has 6 aliphatic heterocycles. The Balaban J connectivity index is -0.0000135. The predicted molar refractivity (Wildman–Crippen MR) is 284 cm³/mol. The standard InChI is InChI=1S/C41H72O50S8.8Na/c1-13-17(7-71-5)79-38(31(24(13)43)87-95(56,57)58)76-10-20-16(4)28(83-41-34(90-98(65,66)67)27(46)29(85-93(50,51)52)22(82-41)12-74-37-33(89-97(62,63)64)26(45)21(11-73-37)84-92(47,48)49)35(91-99(68,69)70)40(81-20)77-9-19-15(3)25(44)32(88-96(59,60)61)39(80-19)75-8-18-14(2)23(42)30(36(72-6)78-18)86-94(53,54)55;;;;;;;;/h13-46H,7-12H2,1-6H3,(H,47,48,49)(H,50,51,52)(H,53,54,55)(H,56,57,58)(H,59,60,61)(H,62,63,64)(H,65,66,67)(H,68,69,70);;;;;;;;/q;8*+1/p-8. The molecule has 0 aromatic heterocycles. The van der Waals surface area contributed by atoms with Gasteiger partial charge in [0, 0.05) is 37.9 Å². The summed E-state index contributed by atoms with van der Waals surface area (Å²) < 4.78 is 396. The number of rotatable bonds is 33. The Morgan fingerprint density at radius 3 is 0.907 bits per heavy atom. The van der Waals surface area contributed by atoms with Crippen LogP contribution in [0.3, 0.4) is 0 Å². The van der Waals surface area contributed by atoms with E-state index in [9.17, 15) is 129 Å². The Hall–Kier alpha value is 6.24. The van der Waals surface area contributed by atoms with Gasteiger partial charge in [-0.3, -0.25) is 33.5 Å². The van der Waals surface area contributed by atoms with Crippen LogP contribution >= 0.6 is 0 Å². The largest absolute Gasteiger partial charge is 1.00 e. The van der Waals surface area contributed by atoms with Crippen LogP contribution in [-0.2, 0) is 178 Å². The predicted octanol–water partition coefficient (Wildman–Crippen LogP) is -35.1. The molecule has 0 aliphatic carbocycles. The number of ether oxygens (including phenoxy) is 13. The molecule has 6 saturated heterocycles. The average molecular weight is 1800 g/mol. The number of aliphatic hydroxyl groups is 5. The second kappa shape index (κ2) is 49.1. The Labute approximate surface area is 791 Å². The first kappa shape index (κ1) is 117. The minimum Gasteiger partial charge on any atom is -0.726 e. The van der Waals surface area contributed by atoms with E-state index >= 15 is 0 Å². The normalized spacial score (nSPS) is 37.5. The number of hydrogen-bond acceptors (Lipinski definition) is 50. The van der Waals surface area contributed by atoms with Crippen molar-refractivity contribution in [1.29, 1.82) is 0 Å². The van der Waals surface area contributed by atoms with E-state index in [1.54, 1.807) is 0 Å². The third-order valence-corrected chi connectivity index (χ3v) is 19.2. The molecule has 0 aromatic carbocycles. The maximum atomic E-state index is 12.8. The number of aliphatic hydroxyl groups excluding tert-OH is 5. The van der Waals surface area contributed by atoms with E-state index in [1.165, 1.54) is 13.8 Å². The molecule has 5 N–H and O–H groups in total. The number of hydrogen-bond donors (Lipinski definition) is 5. The Bertz CT molecular complexity index is 3640. The van der Waals surface area contributed by atoms with Crippen LogP contribution in [0.5, 0.6) is 0 Å². The molecule has 0 amide bonds. The fraction of sp³-hybridized carbons (Fsp3) is 1.00. The van der Waals surface area contributed by atoms with Crippen molar-refractivity contribution in [2.75, 3.05) is 53.9 Å². The summed E-state index contributed by atoms with van der Waals surface area (Å²) in [5.41, 5.74) is 0. The van der Waals surface area contributed by atoms with Gasteiger partial charge in [-0.2, -0.15) is 0 Å². The van der Waals surface area contributed by atoms with Gasteiger partial charge in [0.1, 0.15) is 30.5 Å². The van der Waals surface area contributed by atoms with Crippen molar-refractivity contribution >= 4 is 83.2 Å². The van der Waals surface area contributed by atoms with E-state index in [1.807, 2.05) is 0 Å². The molecule has 50 nitrogen and oxygen atoms in total. The summed E-state index contributed by atoms with van der Waals surface area (Å²) >= 11 is 0. The molecule has 29 atom stereocenters. The van der Waals surface area contributed by atoms with Gasteiger partial charge in [-0.15, -0.1) is 0 Å². The summed E-state index contributed by atoms with van der Waals surface area (Å²) in [5, 5.41) is 56.1. The molecule has 0 radical (unpaired) electrons. The van der Waals surface area contributed by atoms with Gasteiger partial charge >= 0.3 is 236 Å². The van der Waals surface area contributed by atoms with Crippen LogP contribution in [0.15, 0.2) is 0 Å². The van der Waals surface area contributed by atoms with Gasteiger partial charge in [-0.05, 0) is 0 Å². The van der Waals surface area contributed by atoms with E-state index in [-0.39, 0.29) is 236 Å². The molecule has 6 heterocycles. The van der Waals surface area contributed by atoms with Gasteiger partial charge in [0.05, 0.1) is 88.5 Å². The van der Waals surface area contributed by atoms with Crippen molar-refractivity contribution in [3.63, 3.8) is 0 Å².